The smallest absolute Gasteiger partial charge is 0.391 e. The van der Waals surface area contributed by atoms with E-state index in [0.29, 0.717) is 28.9 Å². The first-order valence-corrected chi connectivity index (χ1v) is 7.94. The van der Waals surface area contributed by atoms with Crippen LogP contribution in [0, 0.1) is 0 Å². The van der Waals surface area contributed by atoms with Crippen LogP contribution in [0.4, 0.5) is 18.9 Å². The highest BCUT2D eigenvalue weighted by atomic mass is 19.4. The molecule has 0 radical (unpaired) electrons. The molecule has 132 valence electrons. The number of aliphatic hydroxyl groups is 1. The monoisotopic (exact) mass is 350 g/mol. The largest absolute Gasteiger partial charge is 0.416 e. The summed E-state index contributed by atoms with van der Waals surface area (Å²) in [4.78, 5) is 17.8. The summed E-state index contributed by atoms with van der Waals surface area (Å²) in [5.74, 6) is -0.170. The van der Waals surface area contributed by atoms with Crippen molar-refractivity contribution in [3.63, 3.8) is 0 Å². The normalized spacial score (nSPS) is 15.4. The van der Waals surface area contributed by atoms with Crippen LogP contribution in [0.5, 0.6) is 0 Å². The number of amides is 1. The molecule has 2 aromatic rings. The van der Waals surface area contributed by atoms with E-state index in [2.05, 4.69) is 4.98 Å². The van der Waals surface area contributed by atoms with Crippen LogP contribution >= 0.6 is 0 Å². The SMILES string of the molecule is CCC(O)CN1C(=O)Cc2ncc(-c3cccc(C(F)(F)F)c3)cc21. The second kappa shape index (κ2) is 6.48. The van der Waals surface area contributed by atoms with Gasteiger partial charge >= 0.3 is 6.18 Å². The number of aliphatic hydroxyl groups excluding tert-OH is 1. The number of hydrogen-bond donors (Lipinski definition) is 1. The molecule has 1 amide bonds. The van der Waals surface area contributed by atoms with Crippen molar-refractivity contribution >= 4 is 11.6 Å². The number of halogens is 3. The highest BCUT2D eigenvalue weighted by molar-refractivity contribution is 6.01. The summed E-state index contributed by atoms with van der Waals surface area (Å²) in [5.41, 5.74) is 1.26. The lowest BCUT2D eigenvalue weighted by Gasteiger charge is -2.20. The van der Waals surface area contributed by atoms with E-state index in [1.807, 2.05) is 6.92 Å². The molecule has 4 nitrogen and oxygen atoms in total. The van der Waals surface area contributed by atoms with Gasteiger partial charge in [0.2, 0.25) is 5.91 Å². The molecule has 0 saturated heterocycles. The molecule has 1 atom stereocenters. The van der Waals surface area contributed by atoms with Crippen molar-refractivity contribution in [2.75, 3.05) is 11.4 Å². The maximum atomic E-state index is 12.9. The van der Waals surface area contributed by atoms with Gasteiger partial charge in [-0.15, -0.1) is 0 Å². The van der Waals surface area contributed by atoms with Gasteiger partial charge in [0.25, 0.3) is 0 Å². The molecule has 2 heterocycles. The standard InChI is InChI=1S/C18H17F3N2O2/c1-2-14(24)10-23-16-7-12(9-22-15(16)8-17(23)25)11-4-3-5-13(6-11)18(19,20)21/h3-7,9,14,24H,2,8,10H2,1H3. The zero-order valence-electron chi connectivity index (χ0n) is 13.5. The molecule has 0 aliphatic carbocycles. The summed E-state index contributed by atoms with van der Waals surface area (Å²) in [7, 11) is 0. The summed E-state index contributed by atoms with van der Waals surface area (Å²) in [5, 5.41) is 9.83. The van der Waals surface area contributed by atoms with Gasteiger partial charge in [0, 0.05) is 11.8 Å². The van der Waals surface area contributed by atoms with E-state index in [0.717, 1.165) is 12.1 Å². The number of carbonyl (C=O) groups excluding carboxylic acids is 1. The Bertz CT molecular complexity index is 805. The minimum absolute atomic E-state index is 0.134. The number of alkyl halides is 3. The van der Waals surface area contributed by atoms with Crippen LogP contribution < -0.4 is 4.90 Å². The van der Waals surface area contributed by atoms with Gasteiger partial charge in [0.05, 0.1) is 36.0 Å². The lowest BCUT2D eigenvalue weighted by atomic mass is 10.0. The number of carbonyl (C=O) groups is 1. The lowest BCUT2D eigenvalue weighted by Crippen LogP contribution is -2.34. The van der Waals surface area contributed by atoms with Crippen molar-refractivity contribution in [2.45, 2.75) is 32.0 Å². The summed E-state index contributed by atoms with van der Waals surface area (Å²) >= 11 is 0. The summed E-state index contributed by atoms with van der Waals surface area (Å²) in [6.45, 7) is 1.96. The zero-order valence-corrected chi connectivity index (χ0v) is 13.5. The van der Waals surface area contributed by atoms with E-state index in [1.165, 1.54) is 17.2 Å². The Labute approximate surface area is 142 Å². The van der Waals surface area contributed by atoms with Gasteiger partial charge in [-0.3, -0.25) is 9.78 Å². The highest BCUT2D eigenvalue weighted by Gasteiger charge is 2.32. The number of nitrogens with zero attached hydrogens (tertiary/aromatic N) is 2. The third-order valence-corrected chi connectivity index (χ3v) is 4.25. The molecule has 3 rings (SSSR count). The maximum Gasteiger partial charge on any atom is 0.416 e. The topological polar surface area (TPSA) is 53.4 Å². The average molecular weight is 350 g/mol. The van der Waals surface area contributed by atoms with Crippen LogP contribution in [0.3, 0.4) is 0 Å². The number of β-amino-alcohol motifs (C(OH)–C–C–N with tert-alkyl or cyclic N) is 1. The number of pyridine rings is 1. The highest BCUT2D eigenvalue weighted by Crippen LogP contribution is 2.35. The van der Waals surface area contributed by atoms with Crippen molar-refractivity contribution in [2.24, 2.45) is 0 Å². The van der Waals surface area contributed by atoms with Crippen molar-refractivity contribution in [1.82, 2.24) is 4.98 Å². The van der Waals surface area contributed by atoms with Crippen molar-refractivity contribution in [1.29, 1.82) is 0 Å². The fourth-order valence-corrected chi connectivity index (χ4v) is 2.80. The number of hydrogen-bond acceptors (Lipinski definition) is 3. The van der Waals surface area contributed by atoms with E-state index in [-0.39, 0.29) is 18.9 Å². The Morgan fingerprint density at radius 2 is 2.04 bits per heavy atom. The van der Waals surface area contributed by atoms with E-state index in [1.54, 1.807) is 12.1 Å². The van der Waals surface area contributed by atoms with E-state index < -0.39 is 17.8 Å². The first-order valence-electron chi connectivity index (χ1n) is 7.94. The Hall–Kier alpha value is -2.41. The van der Waals surface area contributed by atoms with E-state index in [4.69, 9.17) is 0 Å². The van der Waals surface area contributed by atoms with Gasteiger partial charge < -0.3 is 10.0 Å². The number of aromatic nitrogens is 1. The van der Waals surface area contributed by atoms with Gasteiger partial charge in [-0.1, -0.05) is 19.1 Å². The molecular weight excluding hydrogens is 333 g/mol. The van der Waals surface area contributed by atoms with Crippen molar-refractivity contribution in [3.8, 4) is 11.1 Å². The molecule has 1 aliphatic rings. The van der Waals surface area contributed by atoms with Crippen LogP contribution in [0.2, 0.25) is 0 Å². The zero-order chi connectivity index (χ0) is 18.2. The third kappa shape index (κ3) is 3.51. The van der Waals surface area contributed by atoms with Gasteiger partial charge in [-0.25, -0.2) is 0 Å². The van der Waals surface area contributed by atoms with Gasteiger partial charge in [-0.2, -0.15) is 13.2 Å². The number of anilines is 1. The fourth-order valence-electron chi connectivity index (χ4n) is 2.80. The molecule has 0 bridgehead atoms. The molecule has 0 fully saturated rings. The average Bonchev–Trinajstić information content (AvgIpc) is 2.89. The second-order valence-corrected chi connectivity index (χ2v) is 6.01. The fraction of sp³-hybridized carbons (Fsp3) is 0.333. The van der Waals surface area contributed by atoms with Crippen LogP contribution in [-0.4, -0.2) is 28.6 Å². The first-order chi connectivity index (χ1) is 11.8. The summed E-state index contributed by atoms with van der Waals surface area (Å²) in [6, 6.07) is 6.64. The quantitative estimate of drug-likeness (QED) is 0.919. The minimum Gasteiger partial charge on any atom is -0.391 e. The molecule has 0 saturated carbocycles. The maximum absolute atomic E-state index is 12.9. The lowest BCUT2D eigenvalue weighted by molar-refractivity contribution is -0.137. The van der Waals surface area contributed by atoms with E-state index in [9.17, 15) is 23.1 Å². The number of rotatable bonds is 4. The number of benzene rings is 1. The Balaban J connectivity index is 1.98. The molecule has 1 N–H and O–H groups in total. The minimum atomic E-state index is -4.42. The predicted octanol–water partition coefficient (Wildman–Crippen LogP) is 3.43. The van der Waals surface area contributed by atoms with Crippen LogP contribution in [-0.2, 0) is 17.4 Å². The van der Waals surface area contributed by atoms with Gasteiger partial charge in [0.15, 0.2) is 0 Å². The Morgan fingerprint density at radius 1 is 1.28 bits per heavy atom. The molecule has 7 heteroatoms. The third-order valence-electron chi connectivity index (χ3n) is 4.25. The summed E-state index contributed by atoms with van der Waals surface area (Å²) in [6.07, 6.45) is -2.98. The molecule has 0 spiro atoms. The summed E-state index contributed by atoms with van der Waals surface area (Å²) < 4.78 is 38.7. The van der Waals surface area contributed by atoms with Crippen LogP contribution in [0.15, 0.2) is 36.5 Å². The van der Waals surface area contributed by atoms with Crippen LogP contribution in [0.25, 0.3) is 11.1 Å². The van der Waals surface area contributed by atoms with Gasteiger partial charge in [-0.05, 0) is 30.2 Å². The molecule has 1 aliphatic heterocycles. The Kier molecular flexibility index (Phi) is 4.51. The molecule has 1 aromatic heterocycles. The Morgan fingerprint density at radius 3 is 2.72 bits per heavy atom. The molecule has 1 unspecified atom stereocenters. The molecule has 25 heavy (non-hydrogen) atoms. The van der Waals surface area contributed by atoms with Gasteiger partial charge in [0.1, 0.15) is 0 Å². The van der Waals surface area contributed by atoms with Crippen molar-refractivity contribution < 1.29 is 23.1 Å². The van der Waals surface area contributed by atoms with Crippen LogP contribution in [0.1, 0.15) is 24.6 Å². The molecule has 1 aromatic carbocycles. The second-order valence-electron chi connectivity index (χ2n) is 6.01. The number of fused-ring (bicyclic) bond motifs is 1. The first kappa shape index (κ1) is 17.4. The molecular formula is C18H17F3N2O2. The van der Waals surface area contributed by atoms with Crippen molar-refractivity contribution in [3.05, 3.63) is 47.8 Å². The van der Waals surface area contributed by atoms with E-state index >= 15 is 0 Å². The predicted molar refractivity (Wildman–Crippen MR) is 87.0 cm³/mol.